The van der Waals surface area contributed by atoms with E-state index in [0.29, 0.717) is 0 Å². The second-order valence-electron chi connectivity index (χ2n) is 7.32. The van der Waals surface area contributed by atoms with Crippen molar-refractivity contribution in [2.45, 2.75) is 0 Å². The number of fused-ring (bicyclic) bond motifs is 1. The highest BCUT2D eigenvalue weighted by molar-refractivity contribution is 5.98. The smallest absolute Gasteiger partial charge is 0.123 e. The lowest BCUT2D eigenvalue weighted by Crippen LogP contribution is -1.90. The van der Waals surface area contributed by atoms with Crippen molar-refractivity contribution in [2.24, 2.45) is 0 Å². The van der Waals surface area contributed by atoms with Crippen molar-refractivity contribution in [1.29, 1.82) is 0 Å². The van der Waals surface area contributed by atoms with Gasteiger partial charge in [-0.1, -0.05) is 72.8 Å². The average Bonchev–Trinajstić information content (AvgIpc) is 2.81. The molecule has 2 heteroatoms. The Morgan fingerprint density at radius 1 is 0.500 bits per heavy atom. The SMILES string of the molecule is Fc1ccc(Nc2ccc(-c3ccc4c(-c5ccccc5)cccc4c3)cc2)cc1. The lowest BCUT2D eigenvalue weighted by molar-refractivity contribution is 0.628. The summed E-state index contributed by atoms with van der Waals surface area (Å²) in [6, 6.07) is 38.2. The van der Waals surface area contributed by atoms with Crippen LogP contribution in [0.15, 0.2) is 115 Å². The summed E-state index contributed by atoms with van der Waals surface area (Å²) >= 11 is 0. The molecule has 0 fully saturated rings. The highest BCUT2D eigenvalue weighted by Crippen LogP contribution is 2.32. The topological polar surface area (TPSA) is 12.0 Å². The van der Waals surface area contributed by atoms with E-state index in [1.807, 2.05) is 18.2 Å². The zero-order valence-electron chi connectivity index (χ0n) is 16.3. The second-order valence-corrected chi connectivity index (χ2v) is 7.32. The molecule has 144 valence electrons. The molecule has 5 aromatic carbocycles. The predicted octanol–water partition coefficient (Wildman–Crippen LogP) is 8.06. The number of hydrogen-bond donors (Lipinski definition) is 1. The van der Waals surface area contributed by atoms with Crippen LogP contribution < -0.4 is 5.32 Å². The Bertz CT molecular complexity index is 1290. The average molecular weight is 389 g/mol. The molecule has 0 radical (unpaired) electrons. The van der Waals surface area contributed by atoms with Crippen LogP contribution in [-0.4, -0.2) is 0 Å². The van der Waals surface area contributed by atoms with Crippen LogP contribution in [-0.2, 0) is 0 Å². The maximum atomic E-state index is 13.1. The maximum absolute atomic E-state index is 13.1. The largest absolute Gasteiger partial charge is 0.356 e. The minimum Gasteiger partial charge on any atom is -0.356 e. The molecule has 0 aliphatic carbocycles. The fraction of sp³-hybridized carbons (Fsp3) is 0. The van der Waals surface area contributed by atoms with E-state index in [-0.39, 0.29) is 5.82 Å². The normalized spacial score (nSPS) is 10.8. The number of benzene rings is 5. The quantitative estimate of drug-likeness (QED) is 0.328. The van der Waals surface area contributed by atoms with Crippen molar-refractivity contribution in [3.05, 3.63) is 121 Å². The van der Waals surface area contributed by atoms with Crippen molar-refractivity contribution in [3.8, 4) is 22.3 Å². The van der Waals surface area contributed by atoms with E-state index in [1.54, 1.807) is 12.1 Å². The standard InChI is InChI=1S/C28H20FN/c29-24-12-16-26(17-13-24)30-25-14-9-20(10-15-25)22-11-18-28-23(19-22)7-4-8-27(28)21-5-2-1-3-6-21/h1-19,30H. The Morgan fingerprint density at radius 2 is 1.17 bits per heavy atom. The molecule has 0 unspecified atom stereocenters. The van der Waals surface area contributed by atoms with E-state index in [0.717, 1.165) is 16.9 Å². The molecule has 0 aliphatic rings. The number of hydrogen-bond acceptors (Lipinski definition) is 1. The lowest BCUT2D eigenvalue weighted by Gasteiger charge is -2.10. The molecule has 1 nitrogen and oxygen atoms in total. The van der Waals surface area contributed by atoms with Crippen LogP contribution in [0.25, 0.3) is 33.0 Å². The Morgan fingerprint density at radius 3 is 1.90 bits per heavy atom. The van der Waals surface area contributed by atoms with Crippen LogP contribution in [0.4, 0.5) is 15.8 Å². The Balaban J connectivity index is 1.44. The third-order valence-electron chi connectivity index (χ3n) is 5.32. The minimum absolute atomic E-state index is 0.234. The summed E-state index contributed by atoms with van der Waals surface area (Å²) < 4.78 is 13.1. The van der Waals surface area contributed by atoms with Gasteiger partial charge in [-0.15, -0.1) is 0 Å². The number of nitrogens with one attached hydrogen (secondary N) is 1. The van der Waals surface area contributed by atoms with Gasteiger partial charge in [0.05, 0.1) is 0 Å². The molecule has 1 N–H and O–H groups in total. The van der Waals surface area contributed by atoms with Gasteiger partial charge in [0.25, 0.3) is 0 Å². The summed E-state index contributed by atoms with van der Waals surface area (Å²) in [5.41, 5.74) is 6.65. The van der Waals surface area contributed by atoms with Crippen LogP contribution in [0.3, 0.4) is 0 Å². The zero-order valence-corrected chi connectivity index (χ0v) is 16.3. The first kappa shape index (κ1) is 18.1. The summed E-state index contributed by atoms with van der Waals surface area (Å²) in [6.07, 6.45) is 0. The summed E-state index contributed by atoms with van der Waals surface area (Å²) in [7, 11) is 0. The third kappa shape index (κ3) is 3.68. The van der Waals surface area contributed by atoms with Crippen molar-refractivity contribution in [1.82, 2.24) is 0 Å². The molecule has 0 spiro atoms. The fourth-order valence-corrected chi connectivity index (χ4v) is 3.78. The highest BCUT2D eigenvalue weighted by Gasteiger charge is 2.06. The molecule has 5 aromatic rings. The summed E-state index contributed by atoms with van der Waals surface area (Å²) in [5.74, 6) is -0.234. The van der Waals surface area contributed by atoms with Crippen LogP contribution in [0, 0.1) is 5.82 Å². The maximum Gasteiger partial charge on any atom is 0.123 e. The zero-order chi connectivity index (χ0) is 20.3. The molecular weight excluding hydrogens is 369 g/mol. The lowest BCUT2D eigenvalue weighted by atomic mass is 9.95. The molecule has 30 heavy (non-hydrogen) atoms. The third-order valence-corrected chi connectivity index (χ3v) is 5.32. The van der Waals surface area contributed by atoms with Gasteiger partial charge in [-0.2, -0.15) is 0 Å². The van der Waals surface area contributed by atoms with Crippen molar-refractivity contribution in [3.63, 3.8) is 0 Å². The molecule has 0 bridgehead atoms. The van der Waals surface area contributed by atoms with Crippen LogP contribution in [0.2, 0.25) is 0 Å². The van der Waals surface area contributed by atoms with E-state index < -0.39 is 0 Å². The van der Waals surface area contributed by atoms with Gasteiger partial charge < -0.3 is 5.32 Å². The van der Waals surface area contributed by atoms with E-state index in [1.165, 1.54) is 39.6 Å². The van der Waals surface area contributed by atoms with Gasteiger partial charge in [-0.25, -0.2) is 4.39 Å². The van der Waals surface area contributed by atoms with Crippen molar-refractivity contribution < 1.29 is 4.39 Å². The highest BCUT2D eigenvalue weighted by atomic mass is 19.1. The van der Waals surface area contributed by atoms with Gasteiger partial charge in [0, 0.05) is 11.4 Å². The van der Waals surface area contributed by atoms with Gasteiger partial charge in [0.15, 0.2) is 0 Å². The molecule has 0 amide bonds. The summed E-state index contributed by atoms with van der Waals surface area (Å²) in [5, 5.41) is 5.77. The van der Waals surface area contributed by atoms with E-state index in [4.69, 9.17) is 0 Å². The second kappa shape index (κ2) is 7.84. The van der Waals surface area contributed by atoms with Gasteiger partial charge in [0.2, 0.25) is 0 Å². The molecule has 5 rings (SSSR count). The van der Waals surface area contributed by atoms with Gasteiger partial charge in [-0.3, -0.25) is 0 Å². The van der Waals surface area contributed by atoms with E-state index >= 15 is 0 Å². The molecule has 0 aliphatic heterocycles. The Labute approximate surface area is 175 Å². The van der Waals surface area contributed by atoms with E-state index in [9.17, 15) is 4.39 Å². The fourth-order valence-electron chi connectivity index (χ4n) is 3.78. The van der Waals surface area contributed by atoms with E-state index in [2.05, 4.69) is 78.1 Å². The summed E-state index contributed by atoms with van der Waals surface area (Å²) in [4.78, 5) is 0. The van der Waals surface area contributed by atoms with Crippen molar-refractivity contribution in [2.75, 3.05) is 5.32 Å². The Kier molecular flexibility index (Phi) is 4.74. The van der Waals surface area contributed by atoms with Gasteiger partial charge in [0.1, 0.15) is 5.82 Å². The first-order chi connectivity index (χ1) is 14.8. The molecule has 0 saturated heterocycles. The molecule has 0 saturated carbocycles. The monoisotopic (exact) mass is 389 g/mol. The Hall–Kier alpha value is -3.91. The van der Waals surface area contributed by atoms with Gasteiger partial charge >= 0.3 is 0 Å². The molecular formula is C28H20FN. The molecule has 0 heterocycles. The van der Waals surface area contributed by atoms with Crippen LogP contribution in [0.1, 0.15) is 0 Å². The molecule has 0 aromatic heterocycles. The number of halogens is 1. The summed E-state index contributed by atoms with van der Waals surface area (Å²) in [6.45, 7) is 0. The predicted molar refractivity (Wildman–Crippen MR) is 125 cm³/mol. The van der Waals surface area contributed by atoms with Crippen LogP contribution >= 0.6 is 0 Å². The van der Waals surface area contributed by atoms with Crippen LogP contribution in [0.5, 0.6) is 0 Å². The van der Waals surface area contributed by atoms with Gasteiger partial charge in [-0.05, 0) is 75.5 Å². The number of rotatable bonds is 4. The van der Waals surface area contributed by atoms with Crippen molar-refractivity contribution >= 4 is 22.1 Å². The molecule has 0 atom stereocenters. The first-order valence-corrected chi connectivity index (χ1v) is 9.97. The number of anilines is 2. The minimum atomic E-state index is -0.234. The first-order valence-electron chi connectivity index (χ1n) is 9.97.